The summed E-state index contributed by atoms with van der Waals surface area (Å²) in [6.07, 6.45) is 0.525. The first-order valence-electron chi connectivity index (χ1n) is 4.24. The minimum absolute atomic E-state index is 0.0706. The maximum atomic E-state index is 8.84. The first kappa shape index (κ1) is 11.1. The molecule has 0 atom stereocenters. The van der Waals surface area contributed by atoms with Crippen molar-refractivity contribution in [3.05, 3.63) is 22.7 Å². The molecule has 0 radical (unpaired) electrons. The molecule has 1 aromatic rings. The molecule has 0 aromatic heterocycles. The molecule has 0 amide bonds. The SMILES string of the molecule is COc1c(Cl)ccc(CCO)c1OC. The van der Waals surface area contributed by atoms with Gasteiger partial charge in [0.25, 0.3) is 0 Å². The molecule has 78 valence electrons. The van der Waals surface area contributed by atoms with Gasteiger partial charge in [0.05, 0.1) is 19.2 Å². The van der Waals surface area contributed by atoms with Gasteiger partial charge in [-0.05, 0) is 12.5 Å². The Bertz CT molecular complexity index is 312. The summed E-state index contributed by atoms with van der Waals surface area (Å²) < 4.78 is 10.3. The Morgan fingerprint density at radius 1 is 1.21 bits per heavy atom. The van der Waals surface area contributed by atoms with Gasteiger partial charge in [-0.2, -0.15) is 0 Å². The molecular weight excluding hydrogens is 204 g/mol. The lowest BCUT2D eigenvalue weighted by Gasteiger charge is -2.13. The van der Waals surface area contributed by atoms with Crippen LogP contribution < -0.4 is 9.47 Å². The number of aliphatic hydroxyl groups excluding tert-OH is 1. The van der Waals surface area contributed by atoms with Crippen LogP contribution in [0.1, 0.15) is 5.56 Å². The van der Waals surface area contributed by atoms with E-state index in [1.165, 1.54) is 7.11 Å². The number of hydrogen-bond donors (Lipinski definition) is 1. The van der Waals surface area contributed by atoms with Crippen LogP contribution in [0.5, 0.6) is 11.5 Å². The topological polar surface area (TPSA) is 38.7 Å². The van der Waals surface area contributed by atoms with Gasteiger partial charge in [0.1, 0.15) is 0 Å². The van der Waals surface area contributed by atoms with Gasteiger partial charge < -0.3 is 14.6 Å². The minimum atomic E-state index is 0.0706. The number of ether oxygens (including phenoxy) is 2. The van der Waals surface area contributed by atoms with Crippen molar-refractivity contribution in [2.45, 2.75) is 6.42 Å². The van der Waals surface area contributed by atoms with Crippen LogP contribution in [0.2, 0.25) is 5.02 Å². The molecule has 4 heteroatoms. The first-order chi connectivity index (χ1) is 6.74. The van der Waals surface area contributed by atoms with Gasteiger partial charge in [-0.3, -0.25) is 0 Å². The predicted octanol–water partition coefficient (Wildman–Crippen LogP) is 1.89. The van der Waals surface area contributed by atoms with Crippen molar-refractivity contribution in [1.82, 2.24) is 0 Å². The monoisotopic (exact) mass is 216 g/mol. The van der Waals surface area contributed by atoms with Crippen molar-refractivity contribution in [2.24, 2.45) is 0 Å². The molecule has 0 aliphatic heterocycles. The molecular formula is C10H13ClO3. The third kappa shape index (κ3) is 2.11. The normalized spacial score (nSPS) is 10.0. The lowest BCUT2D eigenvalue weighted by molar-refractivity contribution is 0.294. The van der Waals surface area contributed by atoms with Crippen LogP contribution in [0.4, 0.5) is 0 Å². The second-order valence-electron chi connectivity index (χ2n) is 2.75. The smallest absolute Gasteiger partial charge is 0.179 e. The number of halogens is 1. The average molecular weight is 217 g/mol. The lowest BCUT2D eigenvalue weighted by Crippen LogP contribution is -1.98. The van der Waals surface area contributed by atoms with E-state index >= 15 is 0 Å². The molecule has 1 N–H and O–H groups in total. The first-order valence-corrected chi connectivity index (χ1v) is 4.62. The van der Waals surface area contributed by atoms with E-state index in [4.69, 9.17) is 26.2 Å². The Morgan fingerprint density at radius 3 is 2.36 bits per heavy atom. The summed E-state index contributed by atoms with van der Waals surface area (Å²) in [6.45, 7) is 0.0706. The Morgan fingerprint density at radius 2 is 1.86 bits per heavy atom. The standard InChI is InChI=1S/C10H13ClO3/c1-13-9-7(5-6-12)3-4-8(11)10(9)14-2/h3-4,12H,5-6H2,1-2H3. The summed E-state index contributed by atoms with van der Waals surface area (Å²) in [6, 6.07) is 3.55. The molecule has 0 aliphatic carbocycles. The highest BCUT2D eigenvalue weighted by atomic mass is 35.5. The van der Waals surface area contributed by atoms with E-state index in [1.54, 1.807) is 13.2 Å². The fourth-order valence-electron chi connectivity index (χ4n) is 1.31. The molecule has 1 aromatic carbocycles. The molecule has 0 bridgehead atoms. The highest BCUT2D eigenvalue weighted by Crippen LogP contribution is 2.37. The third-order valence-electron chi connectivity index (χ3n) is 1.94. The van der Waals surface area contributed by atoms with Gasteiger partial charge in [-0.15, -0.1) is 0 Å². The number of hydrogen-bond acceptors (Lipinski definition) is 3. The zero-order valence-corrected chi connectivity index (χ0v) is 8.97. The van der Waals surface area contributed by atoms with E-state index in [0.29, 0.717) is 22.9 Å². The molecule has 14 heavy (non-hydrogen) atoms. The number of benzene rings is 1. The molecule has 0 spiro atoms. The maximum absolute atomic E-state index is 8.84. The van der Waals surface area contributed by atoms with E-state index in [-0.39, 0.29) is 6.61 Å². The van der Waals surface area contributed by atoms with Crippen LogP contribution in [0.3, 0.4) is 0 Å². The van der Waals surface area contributed by atoms with Crippen LogP contribution in [0.25, 0.3) is 0 Å². The van der Waals surface area contributed by atoms with Crippen molar-refractivity contribution in [3.8, 4) is 11.5 Å². The van der Waals surface area contributed by atoms with Gasteiger partial charge in [0.15, 0.2) is 11.5 Å². The van der Waals surface area contributed by atoms with Gasteiger partial charge in [0.2, 0.25) is 0 Å². The van der Waals surface area contributed by atoms with E-state index in [0.717, 1.165) is 5.56 Å². The number of aliphatic hydroxyl groups is 1. The molecule has 0 aliphatic rings. The molecule has 0 saturated heterocycles. The third-order valence-corrected chi connectivity index (χ3v) is 2.23. The largest absolute Gasteiger partial charge is 0.493 e. The van der Waals surface area contributed by atoms with Gasteiger partial charge >= 0.3 is 0 Å². The summed E-state index contributed by atoms with van der Waals surface area (Å²) >= 11 is 5.91. The van der Waals surface area contributed by atoms with Crippen LogP contribution in [-0.2, 0) is 6.42 Å². The summed E-state index contributed by atoms with van der Waals surface area (Å²) in [5, 5.41) is 9.35. The molecule has 0 fully saturated rings. The minimum Gasteiger partial charge on any atom is -0.493 e. The van der Waals surface area contributed by atoms with Crippen LogP contribution >= 0.6 is 11.6 Å². The Balaban J connectivity index is 3.18. The van der Waals surface area contributed by atoms with E-state index in [9.17, 15) is 0 Å². The Hall–Kier alpha value is -0.930. The predicted molar refractivity (Wildman–Crippen MR) is 55.3 cm³/mol. The molecule has 3 nitrogen and oxygen atoms in total. The highest BCUT2D eigenvalue weighted by molar-refractivity contribution is 6.32. The molecule has 0 heterocycles. The summed E-state index contributed by atoms with van der Waals surface area (Å²) in [5.74, 6) is 1.11. The van der Waals surface area contributed by atoms with Crippen LogP contribution in [-0.4, -0.2) is 25.9 Å². The van der Waals surface area contributed by atoms with E-state index in [2.05, 4.69) is 0 Å². The summed E-state index contributed by atoms with van der Waals surface area (Å²) in [7, 11) is 3.08. The van der Waals surface area contributed by atoms with Crippen molar-refractivity contribution in [1.29, 1.82) is 0 Å². The van der Waals surface area contributed by atoms with Crippen molar-refractivity contribution in [3.63, 3.8) is 0 Å². The van der Waals surface area contributed by atoms with Crippen molar-refractivity contribution in [2.75, 3.05) is 20.8 Å². The second-order valence-corrected chi connectivity index (χ2v) is 3.15. The fraction of sp³-hybridized carbons (Fsp3) is 0.400. The maximum Gasteiger partial charge on any atom is 0.179 e. The highest BCUT2D eigenvalue weighted by Gasteiger charge is 2.12. The van der Waals surface area contributed by atoms with Gasteiger partial charge in [-0.25, -0.2) is 0 Å². The quantitative estimate of drug-likeness (QED) is 0.836. The summed E-state index contributed by atoms with van der Waals surface area (Å²) in [5.41, 5.74) is 0.885. The number of methoxy groups -OCH3 is 2. The van der Waals surface area contributed by atoms with Crippen LogP contribution in [0, 0.1) is 0 Å². The fourth-order valence-corrected chi connectivity index (χ4v) is 1.54. The van der Waals surface area contributed by atoms with Crippen LogP contribution in [0.15, 0.2) is 12.1 Å². The zero-order valence-electron chi connectivity index (χ0n) is 8.21. The van der Waals surface area contributed by atoms with E-state index in [1.807, 2.05) is 6.07 Å². The summed E-state index contributed by atoms with van der Waals surface area (Å²) in [4.78, 5) is 0. The molecule has 1 rings (SSSR count). The zero-order chi connectivity index (χ0) is 10.6. The lowest BCUT2D eigenvalue weighted by atomic mass is 10.1. The van der Waals surface area contributed by atoms with Crippen molar-refractivity contribution >= 4 is 11.6 Å². The molecule has 0 unspecified atom stereocenters. The second kappa shape index (κ2) is 5.08. The Kier molecular flexibility index (Phi) is 4.04. The Labute approximate surface area is 88.2 Å². The van der Waals surface area contributed by atoms with Gasteiger partial charge in [-0.1, -0.05) is 17.7 Å². The number of rotatable bonds is 4. The molecule has 0 saturated carbocycles. The van der Waals surface area contributed by atoms with E-state index < -0.39 is 0 Å². The van der Waals surface area contributed by atoms with Gasteiger partial charge in [0, 0.05) is 12.2 Å². The van der Waals surface area contributed by atoms with Crippen molar-refractivity contribution < 1.29 is 14.6 Å². The average Bonchev–Trinajstić information content (AvgIpc) is 2.20.